The second-order valence-corrected chi connectivity index (χ2v) is 4.93. The van der Waals surface area contributed by atoms with Crippen molar-refractivity contribution in [2.45, 2.75) is 26.8 Å². The molecule has 1 N–H and O–H groups in total. The SMILES string of the molecule is CC(=Cc1ccc2c(c1)OCCO2)CNC(C)C. The first-order valence-corrected chi connectivity index (χ1v) is 6.45. The highest BCUT2D eigenvalue weighted by Crippen LogP contribution is 2.31. The number of hydrogen-bond donors (Lipinski definition) is 1. The molecule has 1 aromatic rings. The first-order valence-electron chi connectivity index (χ1n) is 6.45. The molecule has 1 aliphatic rings. The van der Waals surface area contributed by atoms with Gasteiger partial charge in [0, 0.05) is 12.6 Å². The lowest BCUT2D eigenvalue weighted by atomic mass is 10.1. The van der Waals surface area contributed by atoms with E-state index in [2.05, 4.69) is 38.2 Å². The highest BCUT2D eigenvalue weighted by atomic mass is 16.6. The van der Waals surface area contributed by atoms with Gasteiger partial charge in [-0.2, -0.15) is 0 Å². The van der Waals surface area contributed by atoms with Gasteiger partial charge in [0.2, 0.25) is 0 Å². The Hall–Kier alpha value is -1.48. The zero-order chi connectivity index (χ0) is 13.0. The van der Waals surface area contributed by atoms with Gasteiger partial charge in [0.05, 0.1) is 0 Å². The number of ether oxygens (including phenoxy) is 2. The molecule has 0 saturated heterocycles. The topological polar surface area (TPSA) is 30.5 Å². The fourth-order valence-electron chi connectivity index (χ4n) is 1.85. The highest BCUT2D eigenvalue weighted by Gasteiger charge is 2.10. The van der Waals surface area contributed by atoms with Crippen LogP contribution in [0.4, 0.5) is 0 Å². The first kappa shape index (κ1) is 13.0. The molecule has 0 aliphatic carbocycles. The highest BCUT2D eigenvalue weighted by molar-refractivity contribution is 5.58. The Morgan fingerprint density at radius 1 is 1.28 bits per heavy atom. The van der Waals surface area contributed by atoms with Crippen LogP contribution in [0.15, 0.2) is 23.8 Å². The van der Waals surface area contributed by atoms with E-state index in [1.807, 2.05) is 12.1 Å². The molecule has 3 nitrogen and oxygen atoms in total. The van der Waals surface area contributed by atoms with Gasteiger partial charge in [0.25, 0.3) is 0 Å². The molecular weight excluding hydrogens is 226 g/mol. The Balaban J connectivity index is 2.06. The molecule has 2 rings (SSSR count). The summed E-state index contributed by atoms with van der Waals surface area (Å²) in [5, 5.41) is 3.40. The molecule has 0 unspecified atom stereocenters. The van der Waals surface area contributed by atoms with E-state index >= 15 is 0 Å². The summed E-state index contributed by atoms with van der Waals surface area (Å²) < 4.78 is 11.1. The largest absolute Gasteiger partial charge is 0.486 e. The predicted molar refractivity (Wildman–Crippen MR) is 74.2 cm³/mol. The van der Waals surface area contributed by atoms with E-state index in [1.54, 1.807) is 0 Å². The number of benzene rings is 1. The zero-order valence-corrected chi connectivity index (χ0v) is 11.3. The maximum absolute atomic E-state index is 5.57. The minimum absolute atomic E-state index is 0.508. The fourth-order valence-corrected chi connectivity index (χ4v) is 1.85. The molecular formula is C15H21NO2. The van der Waals surface area contributed by atoms with Gasteiger partial charge in [-0.3, -0.25) is 0 Å². The zero-order valence-electron chi connectivity index (χ0n) is 11.3. The molecule has 1 aliphatic heterocycles. The molecule has 0 radical (unpaired) electrons. The third-order valence-corrected chi connectivity index (χ3v) is 2.77. The van der Waals surface area contributed by atoms with Crippen LogP contribution in [-0.4, -0.2) is 25.8 Å². The number of hydrogen-bond acceptors (Lipinski definition) is 3. The summed E-state index contributed by atoms with van der Waals surface area (Å²) in [5.41, 5.74) is 2.46. The van der Waals surface area contributed by atoms with Gasteiger partial charge in [0.1, 0.15) is 13.2 Å². The van der Waals surface area contributed by atoms with Crippen molar-refractivity contribution < 1.29 is 9.47 Å². The summed E-state index contributed by atoms with van der Waals surface area (Å²) in [6, 6.07) is 6.58. The van der Waals surface area contributed by atoms with Gasteiger partial charge in [-0.05, 0) is 24.6 Å². The summed E-state index contributed by atoms with van der Waals surface area (Å²) in [4.78, 5) is 0. The van der Waals surface area contributed by atoms with Gasteiger partial charge in [-0.25, -0.2) is 0 Å². The molecule has 0 amide bonds. The van der Waals surface area contributed by atoms with E-state index in [4.69, 9.17) is 9.47 Å². The van der Waals surface area contributed by atoms with Gasteiger partial charge >= 0.3 is 0 Å². The third kappa shape index (κ3) is 3.50. The average molecular weight is 247 g/mol. The summed E-state index contributed by atoms with van der Waals surface area (Å²) in [6.45, 7) is 8.61. The summed E-state index contributed by atoms with van der Waals surface area (Å²) in [7, 11) is 0. The van der Waals surface area contributed by atoms with Gasteiger partial charge in [0.15, 0.2) is 11.5 Å². The molecule has 0 atom stereocenters. The Morgan fingerprint density at radius 3 is 2.72 bits per heavy atom. The summed E-state index contributed by atoms with van der Waals surface area (Å²) >= 11 is 0. The Morgan fingerprint density at radius 2 is 2.00 bits per heavy atom. The Kier molecular flexibility index (Phi) is 4.26. The number of fused-ring (bicyclic) bond motifs is 1. The molecule has 0 spiro atoms. The quantitative estimate of drug-likeness (QED) is 0.887. The van der Waals surface area contributed by atoms with Crippen LogP contribution < -0.4 is 14.8 Å². The van der Waals surface area contributed by atoms with Crippen molar-refractivity contribution in [1.82, 2.24) is 5.32 Å². The van der Waals surface area contributed by atoms with Crippen LogP contribution in [0.1, 0.15) is 26.3 Å². The number of rotatable bonds is 4. The summed E-state index contributed by atoms with van der Waals surface area (Å²) in [5.74, 6) is 1.69. The fraction of sp³-hybridized carbons (Fsp3) is 0.467. The lowest BCUT2D eigenvalue weighted by Gasteiger charge is -2.18. The Labute approximate surface area is 109 Å². The van der Waals surface area contributed by atoms with Crippen LogP contribution >= 0.6 is 0 Å². The first-order chi connectivity index (χ1) is 8.65. The monoisotopic (exact) mass is 247 g/mol. The van der Waals surface area contributed by atoms with Crippen molar-refractivity contribution >= 4 is 6.08 Å². The van der Waals surface area contributed by atoms with Crippen molar-refractivity contribution in [2.75, 3.05) is 19.8 Å². The lowest BCUT2D eigenvalue weighted by Crippen LogP contribution is -2.24. The molecule has 0 bridgehead atoms. The van der Waals surface area contributed by atoms with E-state index in [1.165, 1.54) is 5.57 Å². The van der Waals surface area contributed by atoms with E-state index in [-0.39, 0.29) is 0 Å². The van der Waals surface area contributed by atoms with Crippen molar-refractivity contribution in [3.8, 4) is 11.5 Å². The van der Waals surface area contributed by atoms with Crippen molar-refractivity contribution in [2.24, 2.45) is 0 Å². The van der Waals surface area contributed by atoms with E-state index in [9.17, 15) is 0 Å². The molecule has 0 aromatic heterocycles. The molecule has 3 heteroatoms. The predicted octanol–water partition coefficient (Wildman–Crippen LogP) is 2.86. The molecule has 0 saturated carbocycles. The molecule has 1 heterocycles. The van der Waals surface area contributed by atoms with Crippen molar-refractivity contribution in [3.63, 3.8) is 0 Å². The van der Waals surface area contributed by atoms with Crippen LogP contribution in [0.25, 0.3) is 6.08 Å². The van der Waals surface area contributed by atoms with Crippen LogP contribution in [-0.2, 0) is 0 Å². The molecule has 1 aromatic carbocycles. The average Bonchev–Trinajstić information content (AvgIpc) is 2.36. The maximum Gasteiger partial charge on any atom is 0.161 e. The second kappa shape index (κ2) is 5.91. The van der Waals surface area contributed by atoms with Crippen LogP contribution in [0, 0.1) is 0 Å². The summed E-state index contributed by atoms with van der Waals surface area (Å²) in [6.07, 6.45) is 2.17. The smallest absolute Gasteiger partial charge is 0.161 e. The van der Waals surface area contributed by atoms with E-state index in [0.717, 1.165) is 23.6 Å². The molecule has 18 heavy (non-hydrogen) atoms. The van der Waals surface area contributed by atoms with Crippen LogP contribution in [0.2, 0.25) is 0 Å². The van der Waals surface area contributed by atoms with Crippen molar-refractivity contribution in [1.29, 1.82) is 0 Å². The standard InChI is InChI=1S/C15H21NO2/c1-11(2)16-10-12(3)8-13-4-5-14-15(9-13)18-7-6-17-14/h4-5,8-9,11,16H,6-7,10H2,1-3H3. The van der Waals surface area contributed by atoms with Gasteiger partial charge < -0.3 is 14.8 Å². The Bertz CT molecular complexity index is 438. The molecule has 98 valence electrons. The van der Waals surface area contributed by atoms with Crippen molar-refractivity contribution in [3.05, 3.63) is 29.3 Å². The minimum atomic E-state index is 0.508. The minimum Gasteiger partial charge on any atom is -0.486 e. The molecule has 0 fully saturated rings. The lowest BCUT2D eigenvalue weighted by molar-refractivity contribution is 0.171. The third-order valence-electron chi connectivity index (χ3n) is 2.77. The van der Waals surface area contributed by atoms with Crippen LogP contribution in [0.5, 0.6) is 11.5 Å². The van der Waals surface area contributed by atoms with Gasteiger partial charge in [-0.15, -0.1) is 0 Å². The van der Waals surface area contributed by atoms with Gasteiger partial charge in [-0.1, -0.05) is 31.6 Å². The normalized spacial score (nSPS) is 15.0. The maximum atomic E-state index is 5.57. The van der Waals surface area contributed by atoms with E-state index < -0.39 is 0 Å². The second-order valence-electron chi connectivity index (χ2n) is 4.93. The number of nitrogens with one attached hydrogen (secondary N) is 1. The van der Waals surface area contributed by atoms with E-state index in [0.29, 0.717) is 19.3 Å². The van der Waals surface area contributed by atoms with Crippen LogP contribution in [0.3, 0.4) is 0 Å².